The summed E-state index contributed by atoms with van der Waals surface area (Å²) in [5.74, 6) is 2.12. The van der Waals surface area contributed by atoms with Crippen molar-refractivity contribution in [3.8, 4) is 0 Å². The second kappa shape index (κ2) is 5.29. The predicted molar refractivity (Wildman–Crippen MR) is 64.1 cm³/mol. The van der Waals surface area contributed by atoms with Gasteiger partial charge in [-0.25, -0.2) is 4.98 Å². The first-order chi connectivity index (χ1) is 6.63. The van der Waals surface area contributed by atoms with E-state index in [2.05, 4.69) is 41.2 Å². The van der Waals surface area contributed by atoms with E-state index in [1.807, 2.05) is 18.7 Å². The zero-order valence-electron chi connectivity index (χ0n) is 9.37. The highest BCUT2D eigenvalue weighted by molar-refractivity contribution is 7.98. The van der Waals surface area contributed by atoms with Crippen LogP contribution in [-0.2, 0) is 6.54 Å². The summed E-state index contributed by atoms with van der Waals surface area (Å²) in [6.07, 6.45) is 4.22. The number of aryl methyl sites for hydroxylation is 2. The fourth-order valence-corrected chi connectivity index (χ4v) is 1.66. The van der Waals surface area contributed by atoms with E-state index in [0.717, 1.165) is 23.9 Å². The second-order valence-corrected chi connectivity index (χ2v) is 4.68. The number of hydrogen-bond donors (Lipinski definition) is 1. The Labute approximate surface area is 90.3 Å². The minimum absolute atomic E-state index is 0.435. The topological polar surface area (TPSA) is 29.9 Å². The molecule has 4 heteroatoms. The fraction of sp³-hybridized carbons (Fsp3) is 0.700. The maximum Gasteiger partial charge on any atom is 0.203 e. The molecular weight excluding hydrogens is 194 g/mol. The van der Waals surface area contributed by atoms with Gasteiger partial charge >= 0.3 is 0 Å². The first-order valence-electron chi connectivity index (χ1n) is 4.92. The molecule has 1 aromatic rings. The van der Waals surface area contributed by atoms with Crippen LogP contribution in [0.15, 0.2) is 6.20 Å². The predicted octanol–water partition coefficient (Wildman–Crippen LogP) is 2.37. The minimum atomic E-state index is 0.435. The van der Waals surface area contributed by atoms with Gasteiger partial charge in [0.15, 0.2) is 0 Å². The lowest BCUT2D eigenvalue weighted by Crippen LogP contribution is -2.15. The number of rotatable bonds is 5. The van der Waals surface area contributed by atoms with Crippen LogP contribution in [0, 0.1) is 6.92 Å². The van der Waals surface area contributed by atoms with Crippen molar-refractivity contribution in [3.05, 3.63) is 11.9 Å². The van der Waals surface area contributed by atoms with Gasteiger partial charge in [0.2, 0.25) is 5.95 Å². The molecule has 1 N–H and O–H groups in total. The first-order valence-corrected chi connectivity index (χ1v) is 6.32. The Hall–Kier alpha value is -0.640. The number of aromatic nitrogens is 2. The molecule has 0 aromatic carbocycles. The number of nitrogens with zero attached hydrogens (tertiary/aromatic N) is 2. The third-order valence-electron chi connectivity index (χ3n) is 1.85. The normalized spacial score (nSPS) is 10.9. The maximum atomic E-state index is 4.45. The zero-order chi connectivity index (χ0) is 10.6. The molecule has 0 unspecified atom stereocenters. The van der Waals surface area contributed by atoms with Gasteiger partial charge in [-0.15, -0.1) is 0 Å². The zero-order valence-corrected chi connectivity index (χ0v) is 10.2. The van der Waals surface area contributed by atoms with Crippen molar-refractivity contribution in [3.63, 3.8) is 0 Å². The van der Waals surface area contributed by atoms with Gasteiger partial charge < -0.3 is 9.88 Å². The van der Waals surface area contributed by atoms with E-state index >= 15 is 0 Å². The van der Waals surface area contributed by atoms with Crippen LogP contribution in [0.4, 0.5) is 5.95 Å². The van der Waals surface area contributed by atoms with Gasteiger partial charge in [-0.1, -0.05) is 0 Å². The van der Waals surface area contributed by atoms with Gasteiger partial charge in [0.25, 0.3) is 0 Å². The third kappa shape index (κ3) is 3.25. The minimum Gasteiger partial charge on any atom is -0.353 e. The number of thioether (sulfide) groups is 1. The van der Waals surface area contributed by atoms with Crippen LogP contribution in [0.3, 0.4) is 0 Å². The van der Waals surface area contributed by atoms with Crippen LogP contribution in [0.1, 0.15) is 19.5 Å². The van der Waals surface area contributed by atoms with Crippen LogP contribution in [0.25, 0.3) is 0 Å². The molecule has 0 aliphatic carbocycles. The highest BCUT2D eigenvalue weighted by Gasteiger charge is 2.05. The van der Waals surface area contributed by atoms with Crippen molar-refractivity contribution in [2.75, 3.05) is 17.3 Å². The van der Waals surface area contributed by atoms with Crippen molar-refractivity contribution in [2.45, 2.75) is 33.4 Å². The molecule has 0 bridgehead atoms. The van der Waals surface area contributed by atoms with E-state index in [1.165, 1.54) is 0 Å². The molecule has 0 saturated carbocycles. The molecule has 0 aliphatic heterocycles. The van der Waals surface area contributed by atoms with E-state index in [0.29, 0.717) is 6.04 Å². The molecule has 14 heavy (non-hydrogen) atoms. The van der Waals surface area contributed by atoms with Gasteiger partial charge in [-0.3, -0.25) is 0 Å². The van der Waals surface area contributed by atoms with Gasteiger partial charge in [0, 0.05) is 24.5 Å². The SMILES string of the molecule is CSCCn1cc(C)nc1NC(C)C. The van der Waals surface area contributed by atoms with E-state index in [4.69, 9.17) is 0 Å². The fourth-order valence-electron chi connectivity index (χ4n) is 1.28. The average molecular weight is 213 g/mol. The summed E-state index contributed by atoms with van der Waals surface area (Å²) in [4.78, 5) is 4.45. The van der Waals surface area contributed by atoms with Crippen LogP contribution < -0.4 is 5.32 Å². The second-order valence-electron chi connectivity index (χ2n) is 3.69. The van der Waals surface area contributed by atoms with Crippen molar-refractivity contribution >= 4 is 17.7 Å². The molecule has 3 nitrogen and oxygen atoms in total. The van der Waals surface area contributed by atoms with Gasteiger partial charge in [0.1, 0.15) is 0 Å². The molecule has 0 radical (unpaired) electrons. The van der Waals surface area contributed by atoms with Crippen LogP contribution in [-0.4, -0.2) is 27.6 Å². The lowest BCUT2D eigenvalue weighted by atomic mass is 10.4. The summed E-state index contributed by atoms with van der Waals surface area (Å²) >= 11 is 1.86. The van der Waals surface area contributed by atoms with E-state index in [-0.39, 0.29) is 0 Å². The molecule has 0 spiro atoms. The van der Waals surface area contributed by atoms with Crippen molar-refractivity contribution in [1.82, 2.24) is 9.55 Å². The summed E-state index contributed by atoms with van der Waals surface area (Å²) < 4.78 is 2.19. The number of anilines is 1. The Bertz CT molecular complexity index is 281. The van der Waals surface area contributed by atoms with E-state index < -0.39 is 0 Å². The lowest BCUT2D eigenvalue weighted by Gasteiger charge is -2.11. The molecule has 1 aromatic heterocycles. The lowest BCUT2D eigenvalue weighted by molar-refractivity contribution is 0.754. The smallest absolute Gasteiger partial charge is 0.203 e. The van der Waals surface area contributed by atoms with E-state index in [1.54, 1.807) is 0 Å². The highest BCUT2D eigenvalue weighted by atomic mass is 32.2. The molecule has 0 fully saturated rings. The number of nitrogens with one attached hydrogen (secondary N) is 1. The van der Waals surface area contributed by atoms with Gasteiger partial charge in [-0.2, -0.15) is 11.8 Å². The molecule has 0 aliphatic rings. The average Bonchev–Trinajstić information content (AvgIpc) is 2.41. The van der Waals surface area contributed by atoms with Crippen molar-refractivity contribution in [1.29, 1.82) is 0 Å². The number of hydrogen-bond acceptors (Lipinski definition) is 3. The molecule has 1 rings (SSSR count). The summed E-state index contributed by atoms with van der Waals surface area (Å²) in [5.41, 5.74) is 1.08. The summed E-state index contributed by atoms with van der Waals surface area (Å²) in [5, 5.41) is 3.35. The van der Waals surface area contributed by atoms with Gasteiger partial charge in [-0.05, 0) is 27.0 Å². The number of imidazole rings is 1. The maximum absolute atomic E-state index is 4.45. The standard InChI is InChI=1S/C10H19N3S/c1-8(2)11-10-12-9(3)7-13(10)5-6-14-4/h7-8H,5-6H2,1-4H3,(H,11,12). The summed E-state index contributed by atoms with van der Waals surface area (Å²) in [6.45, 7) is 7.31. The van der Waals surface area contributed by atoms with E-state index in [9.17, 15) is 0 Å². The highest BCUT2D eigenvalue weighted by Crippen LogP contribution is 2.10. The molecule has 0 amide bonds. The summed E-state index contributed by atoms with van der Waals surface area (Å²) in [7, 11) is 0. The monoisotopic (exact) mass is 213 g/mol. The van der Waals surface area contributed by atoms with Crippen molar-refractivity contribution in [2.24, 2.45) is 0 Å². The Morgan fingerprint density at radius 3 is 2.86 bits per heavy atom. The Kier molecular flexibility index (Phi) is 4.32. The Morgan fingerprint density at radius 1 is 1.57 bits per heavy atom. The molecule has 0 atom stereocenters. The first kappa shape index (κ1) is 11.4. The third-order valence-corrected chi connectivity index (χ3v) is 2.44. The van der Waals surface area contributed by atoms with Gasteiger partial charge in [0.05, 0.1) is 5.69 Å². The Morgan fingerprint density at radius 2 is 2.29 bits per heavy atom. The quantitative estimate of drug-likeness (QED) is 0.814. The molecule has 0 saturated heterocycles. The molecule has 80 valence electrons. The Balaban J connectivity index is 2.69. The van der Waals surface area contributed by atoms with Crippen LogP contribution in [0.5, 0.6) is 0 Å². The van der Waals surface area contributed by atoms with Crippen LogP contribution in [0.2, 0.25) is 0 Å². The largest absolute Gasteiger partial charge is 0.353 e. The van der Waals surface area contributed by atoms with Crippen molar-refractivity contribution < 1.29 is 0 Å². The molecule has 1 heterocycles. The molecular formula is C10H19N3S. The summed E-state index contributed by atoms with van der Waals surface area (Å²) in [6, 6.07) is 0.435. The van der Waals surface area contributed by atoms with Crippen LogP contribution >= 0.6 is 11.8 Å².